The summed E-state index contributed by atoms with van der Waals surface area (Å²) in [6, 6.07) is 8.63. The van der Waals surface area contributed by atoms with Gasteiger partial charge in [0.15, 0.2) is 0 Å². The number of nitrogens with zero attached hydrogens (tertiary/aromatic N) is 1. The number of halogens is 1. The van der Waals surface area contributed by atoms with Crippen LogP contribution < -0.4 is 10.1 Å². The largest absolute Gasteiger partial charge is 0.497 e. The van der Waals surface area contributed by atoms with Crippen LogP contribution >= 0.6 is 12.4 Å². The van der Waals surface area contributed by atoms with Gasteiger partial charge in [-0.05, 0) is 43.5 Å². The van der Waals surface area contributed by atoms with E-state index in [-0.39, 0.29) is 18.3 Å². The quantitative estimate of drug-likeness (QED) is 0.928. The van der Waals surface area contributed by atoms with E-state index in [1.807, 2.05) is 24.3 Å². The van der Waals surface area contributed by atoms with Gasteiger partial charge in [0.1, 0.15) is 5.75 Å². The molecule has 2 heterocycles. The Kier molecular flexibility index (Phi) is 5.48. The summed E-state index contributed by atoms with van der Waals surface area (Å²) in [6.07, 6.45) is 3.86. The number of carbonyl (C=O) groups excluding carboxylic acids is 1. The number of ether oxygens (including phenoxy) is 1. The van der Waals surface area contributed by atoms with Gasteiger partial charge in [0, 0.05) is 18.6 Å². The molecule has 2 bridgehead atoms. The van der Waals surface area contributed by atoms with Crippen molar-refractivity contribution in [3.05, 3.63) is 29.8 Å². The minimum Gasteiger partial charge on any atom is -0.497 e. The first-order chi connectivity index (χ1) is 9.78. The van der Waals surface area contributed by atoms with Gasteiger partial charge in [-0.15, -0.1) is 12.4 Å². The summed E-state index contributed by atoms with van der Waals surface area (Å²) in [5.74, 6) is 1.07. The van der Waals surface area contributed by atoms with E-state index in [2.05, 4.69) is 10.2 Å². The minimum absolute atomic E-state index is 0. The highest BCUT2D eigenvalue weighted by Crippen LogP contribution is 2.28. The molecule has 0 aromatic heterocycles. The van der Waals surface area contributed by atoms with Crippen LogP contribution in [0.2, 0.25) is 0 Å². The van der Waals surface area contributed by atoms with Crippen molar-refractivity contribution >= 4 is 18.3 Å². The number of hydrogen-bond donors (Lipinski definition) is 1. The number of nitrogens with one attached hydrogen (secondary N) is 1. The highest BCUT2D eigenvalue weighted by Gasteiger charge is 2.37. The molecule has 0 spiro atoms. The van der Waals surface area contributed by atoms with Crippen LogP contribution in [0.5, 0.6) is 5.75 Å². The first-order valence-corrected chi connectivity index (χ1v) is 7.43. The van der Waals surface area contributed by atoms with Gasteiger partial charge < -0.3 is 15.0 Å². The summed E-state index contributed by atoms with van der Waals surface area (Å²) >= 11 is 0. The topological polar surface area (TPSA) is 41.6 Å². The van der Waals surface area contributed by atoms with Gasteiger partial charge >= 0.3 is 0 Å². The Morgan fingerprint density at radius 1 is 1.33 bits per heavy atom. The zero-order valence-corrected chi connectivity index (χ0v) is 13.2. The Hall–Kier alpha value is -1.26. The van der Waals surface area contributed by atoms with Crippen LogP contribution in [0.25, 0.3) is 0 Å². The standard InChI is InChI=1S/C16H22N2O2.ClH/c1-20-15-4-2-3-12(9-15)10-16(19)18-13-5-6-14(18)11-17-8-7-13;/h2-4,9,13-14,17H,5-8,10-11H2,1H3;1H. The van der Waals surface area contributed by atoms with Crippen LogP contribution in [0, 0.1) is 0 Å². The van der Waals surface area contributed by atoms with Gasteiger partial charge in [0.2, 0.25) is 5.91 Å². The van der Waals surface area contributed by atoms with Crippen LogP contribution in [-0.4, -0.2) is 43.1 Å². The van der Waals surface area contributed by atoms with E-state index in [0.29, 0.717) is 18.5 Å². The second kappa shape index (κ2) is 7.14. The number of benzene rings is 1. The summed E-state index contributed by atoms with van der Waals surface area (Å²) in [7, 11) is 1.65. The SMILES string of the molecule is COc1cccc(CC(=O)N2C3CCNCC2CC3)c1.Cl. The third-order valence-electron chi connectivity index (χ3n) is 4.43. The Labute approximate surface area is 132 Å². The van der Waals surface area contributed by atoms with E-state index in [9.17, 15) is 4.79 Å². The molecule has 1 amide bonds. The lowest BCUT2D eigenvalue weighted by molar-refractivity contribution is -0.133. The molecule has 21 heavy (non-hydrogen) atoms. The Balaban J connectivity index is 0.00000161. The fraction of sp³-hybridized carbons (Fsp3) is 0.562. The molecule has 2 aliphatic heterocycles. The lowest BCUT2D eigenvalue weighted by atomic mass is 10.1. The van der Waals surface area contributed by atoms with Gasteiger partial charge in [0.05, 0.1) is 13.5 Å². The summed E-state index contributed by atoms with van der Waals surface area (Å²) in [6.45, 7) is 1.98. The molecular formula is C16H23ClN2O2. The highest BCUT2D eigenvalue weighted by molar-refractivity contribution is 5.85. The van der Waals surface area contributed by atoms with Crippen molar-refractivity contribution in [2.24, 2.45) is 0 Å². The number of amides is 1. The maximum Gasteiger partial charge on any atom is 0.227 e. The van der Waals surface area contributed by atoms with Gasteiger partial charge in [0.25, 0.3) is 0 Å². The fourth-order valence-electron chi connectivity index (χ4n) is 3.44. The zero-order valence-electron chi connectivity index (χ0n) is 12.4. The molecule has 2 fully saturated rings. The zero-order chi connectivity index (χ0) is 13.9. The molecule has 0 radical (unpaired) electrons. The van der Waals surface area contributed by atoms with Crippen molar-refractivity contribution < 1.29 is 9.53 Å². The van der Waals surface area contributed by atoms with Crippen molar-refractivity contribution in [3.63, 3.8) is 0 Å². The van der Waals surface area contributed by atoms with Crippen LogP contribution in [0.4, 0.5) is 0 Å². The molecule has 2 unspecified atom stereocenters. The van der Waals surface area contributed by atoms with E-state index in [1.165, 1.54) is 0 Å². The highest BCUT2D eigenvalue weighted by atomic mass is 35.5. The van der Waals surface area contributed by atoms with Crippen LogP contribution in [-0.2, 0) is 11.2 Å². The molecule has 1 aromatic carbocycles. The second-order valence-corrected chi connectivity index (χ2v) is 5.71. The summed E-state index contributed by atoms with van der Waals surface area (Å²) in [5, 5.41) is 3.43. The normalized spacial score (nSPS) is 24.1. The summed E-state index contributed by atoms with van der Waals surface area (Å²) in [4.78, 5) is 14.8. The number of methoxy groups -OCH3 is 1. The van der Waals surface area contributed by atoms with Gasteiger partial charge in [-0.1, -0.05) is 12.1 Å². The second-order valence-electron chi connectivity index (χ2n) is 5.71. The summed E-state index contributed by atoms with van der Waals surface area (Å²) < 4.78 is 5.22. The third kappa shape index (κ3) is 3.50. The molecule has 5 heteroatoms. The van der Waals surface area contributed by atoms with Crippen LogP contribution in [0.1, 0.15) is 24.8 Å². The molecule has 1 aromatic rings. The van der Waals surface area contributed by atoms with Crippen LogP contribution in [0.3, 0.4) is 0 Å². The van der Waals surface area contributed by atoms with E-state index in [4.69, 9.17) is 4.74 Å². The summed E-state index contributed by atoms with van der Waals surface area (Å²) in [5.41, 5.74) is 1.03. The molecule has 0 aliphatic carbocycles. The van der Waals surface area contributed by atoms with Crippen molar-refractivity contribution in [3.8, 4) is 5.75 Å². The van der Waals surface area contributed by atoms with Gasteiger partial charge in [-0.25, -0.2) is 0 Å². The van der Waals surface area contributed by atoms with Crippen molar-refractivity contribution in [2.75, 3.05) is 20.2 Å². The van der Waals surface area contributed by atoms with E-state index in [1.54, 1.807) is 7.11 Å². The van der Waals surface area contributed by atoms with Gasteiger partial charge in [-0.2, -0.15) is 0 Å². The molecular weight excluding hydrogens is 288 g/mol. The molecule has 116 valence electrons. The molecule has 2 saturated heterocycles. The molecule has 3 rings (SSSR count). The number of fused-ring (bicyclic) bond motifs is 2. The Morgan fingerprint density at radius 2 is 2.14 bits per heavy atom. The first kappa shape index (κ1) is 16.1. The molecule has 1 N–H and O–H groups in total. The molecule has 2 atom stereocenters. The fourth-order valence-corrected chi connectivity index (χ4v) is 3.44. The maximum atomic E-state index is 12.6. The van der Waals surface area contributed by atoms with Gasteiger partial charge in [-0.3, -0.25) is 4.79 Å². The molecule has 0 saturated carbocycles. The third-order valence-corrected chi connectivity index (χ3v) is 4.43. The maximum absolute atomic E-state index is 12.6. The van der Waals surface area contributed by atoms with Crippen LogP contribution in [0.15, 0.2) is 24.3 Å². The molecule has 4 nitrogen and oxygen atoms in total. The smallest absolute Gasteiger partial charge is 0.227 e. The van der Waals surface area contributed by atoms with Crippen molar-refractivity contribution in [1.29, 1.82) is 0 Å². The van der Waals surface area contributed by atoms with E-state index in [0.717, 1.165) is 43.7 Å². The van der Waals surface area contributed by atoms with Crippen molar-refractivity contribution in [2.45, 2.75) is 37.8 Å². The lowest BCUT2D eigenvalue weighted by Gasteiger charge is -2.28. The number of hydrogen-bond acceptors (Lipinski definition) is 3. The predicted molar refractivity (Wildman–Crippen MR) is 85.1 cm³/mol. The van der Waals surface area contributed by atoms with E-state index < -0.39 is 0 Å². The lowest BCUT2D eigenvalue weighted by Crippen LogP contribution is -2.43. The Bertz CT molecular complexity index is 481. The number of carbonyl (C=O) groups is 1. The van der Waals surface area contributed by atoms with E-state index >= 15 is 0 Å². The first-order valence-electron chi connectivity index (χ1n) is 7.43. The predicted octanol–water partition coefficient (Wildman–Crippen LogP) is 2.01. The average Bonchev–Trinajstić information content (AvgIpc) is 2.72. The monoisotopic (exact) mass is 310 g/mol. The average molecular weight is 311 g/mol. The van der Waals surface area contributed by atoms with Crippen molar-refractivity contribution in [1.82, 2.24) is 10.2 Å². The number of rotatable bonds is 3. The minimum atomic E-state index is 0. The molecule has 2 aliphatic rings. The Morgan fingerprint density at radius 3 is 2.95 bits per heavy atom.